The van der Waals surface area contributed by atoms with Crippen molar-refractivity contribution in [3.8, 4) is 0 Å². The van der Waals surface area contributed by atoms with Gasteiger partial charge in [-0.2, -0.15) is 0 Å². The summed E-state index contributed by atoms with van der Waals surface area (Å²) in [5, 5.41) is 10.9. The predicted molar refractivity (Wildman–Crippen MR) is 79.9 cm³/mol. The smallest absolute Gasteiger partial charge is 0.258 e. The minimum atomic E-state index is -3.75. The van der Waals surface area contributed by atoms with E-state index in [1.807, 2.05) is 0 Å². The van der Waals surface area contributed by atoms with Gasteiger partial charge in [0.2, 0.25) is 10.0 Å². The topological polar surface area (TPSA) is 80.5 Å². The van der Waals surface area contributed by atoms with Crippen LogP contribution < -0.4 is 0 Å². The number of nitrogens with zero attached hydrogens (tertiary/aromatic N) is 2. The second-order valence-corrected chi connectivity index (χ2v) is 8.01. The molecule has 1 aliphatic carbocycles. The molecule has 2 rings (SSSR count). The summed E-state index contributed by atoms with van der Waals surface area (Å²) in [4.78, 5) is 10.2. The summed E-state index contributed by atoms with van der Waals surface area (Å²) < 4.78 is 26.4. The number of aryl methyl sites for hydroxylation is 1. The molecule has 1 aromatic rings. The lowest BCUT2D eigenvalue weighted by molar-refractivity contribution is -0.384. The molecule has 0 saturated heterocycles. The lowest BCUT2D eigenvalue weighted by Gasteiger charge is -2.18. The van der Waals surface area contributed by atoms with Crippen LogP contribution in [0.15, 0.2) is 17.0 Å². The van der Waals surface area contributed by atoms with Crippen molar-refractivity contribution in [3.05, 3.63) is 32.8 Å². The molecule has 2 unspecified atom stereocenters. The van der Waals surface area contributed by atoms with E-state index < -0.39 is 20.6 Å². The molecule has 2 atom stereocenters. The first-order chi connectivity index (χ1) is 9.64. The highest BCUT2D eigenvalue weighted by Crippen LogP contribution is 2.39. The van der Waals surface area contributed by atoms with Crippen molar-refractivity contribution in [2.75, 3.05) is 13.6 Å². The lowest BCUT2D eigenvalue weighted by atomic mass is 10.2. The van der Waals surface area contributed by atoms with Crippen LogP contribution in [0.2, 0.25) is 5.02 Å². The Morgan fingerprint density at radius 2 is 2.05 bits per heavy atom. The van der Waals surface area contributed by atoms with Gasteiger partial charge in [-0.05, 0) is 36.8 Å². The largest absolute Gasteiger partial charge is 0.289 e. The molecule has 116 valence electrons. The van der Waals surface area contributed by atoms with Crippen molar-refractivity contribution in [3.63, 3.8) is 0 Å². The van der Waals surface area contributed by atoms with Crippen LogP contribution in [-0.4, -0.2) is 31.2 Å². The van der Waals surface area contributed by atoms with Gasteiger partial charge in [0.25, 0.3) is 5.69 Å². The van der Waals surface area contributed by atoms with E-state index in [0.717, 1.165) is 12.5 Å². The van der Waals surface area contributed by atoms with Gasteiger partial charge < -0.3 is 0 Å². The first kappa shape index (κ1) is 16.2. The van der Waals surface area contributed by atoms with Crippen molar-refractivity contribution in [1.82, 2.24) is 4.31 Å². The third-order valence-corrected chi connectivity index (χ3v) is 6.17. The third kappa shape index (κ3) is 3.20. The Kier molecular flexibility index (Phi) is 4.28. The number of hydrogen-bond acceptors (Lipinski definition) is 4. The van der Waals surface area contributed by atoms with Gasteiger partial charge >= 0.3 is 0 Å². The Bertz CT molecular complexity index is 690. The van der Waals surface area contributed by atoms with Gasteiger partial charge in [0.1, 0.15) is 5.02 Å². The van der Waals surface area contributed by atoms with Crippen LogP contribution in [-0.2, 0) is 10.0 Å². The summed E-state index contributed by atoms with van der Waals surface area (Å²) in [5.41, 5.74) is 0.00956. The molecular weight excluding hydrogens is 316 g/mol. The molecule has 0 bridgehead atoms. The fourth-order valence-electron chi connectivity index (χ4n) is 2.31. The van der Waals surface area contributed by atoms with Gasteiger partial charge in [0.05, 0.1) is 9.82 Å². The Morgan fingerprint density at radius 1 is 1.48 bits per heavy atom. The number of nitro benzene ring substituents is 1. The second-order valence-electron chi connectivity index (χ2n) is 5.58. The normalized spacial score (nSPS) is 21.6. The molecule has 1 aromatic carbocycles. The molecule has 0 spiro atoms. The Hall–Kier alpha value is -1.18. The number of rotatable bonds is 5. The Labute approximate surface area is 128 Å². The van der Waals surface area contributed by atoms with Crippen molar-refractivity contribution >= 4 is 27.3 Å². The van der Waals surface area contributed by atoms with E-state index in [0.29, 0.717) is 23.9 Å². The highest BCUT2D eigenvalue weighted by molar-refractivity contribution is 7.89. The van der Waals surface area contributed by atoms with Crippen molar-refractivity contribution in [2.24, 2.45) is 11.8 Å². The highest BCUT2D eigenvalue weighted by Gasteiger charge is 2.37. The second kappa shape index (κ2) is 5.55. The summed E-state index contributed by atoms with van der Waals surface area (Å²) in [7, 11) is -2.25. The summed E-state index contributed by atoms with van der Waals surface area (Å²) in [6.45, 7) is 4.08. The number of sulfonamides is 1. The van der Waals surface area contributed by atoms with Gasteiger partial charge in [-0.15, -0.1) is 0 Å². The number of halogens is 1. The van der Waals surface area contributed by atoms with Crippen LogP contribution >= 0.6 is 11.6 Å². The summed E-state index contributed by atoms with van der Waals surface area (Å²) in [6, 6.07) is 2.36. The van der Waals surface area contributed by atoms with Gasteiger partial charge in [-0.25, -0.2) is 12.7 Å². The molecular formula is C13H17ClN2O4S. The number of benzene rings is 1. The first-order valence-electron chi connectivity index (χ1n) is 6.55. The molecule has 1 fully saturated rings. The maximum atomic E-state index is 12.6. The van der Waals surface area contributed by atoms with Gasteiger partial charge in [-0.3, -0.25) is 10.1 Å². The molecule has 6 nitrogen and oxygen atoms in total. The van der Waals surface area contributed by atoms with Gasteiger partial charge in [0, 0.05) is 19.7 Å². The van der Waals surface area contributed by atoms with Crippen LogP contribution in [0.5, 0.6) is 0 Å². The average Bonchev–Trinajstić information content (AvgIpc) is 3.03. The fourth-order valence-corrected chi connectivity index (χ4v) is 4.05. The van der Waals surface area contributed by atoms with Crippen LogP contribution in [0, 0.1) is 28.9 Å². The Balaban J connectivity index is 2.39. The van der Waals surface area contributed by atoms with Crippen molar-refractivity contribution in [2.45, 2.75) is 25.2 Å². The van der Waals surface area contributed by atoms with E-state index in [2.05, 4.69) is 6.92 Å². The van der Waals surface area contributed by atoms with E-state index in [1.165, 1.54) is 17.4 Å². The van der Waals surface area contributed by atoms with Crippen LogP contribution in [0.25, 0.3) is 0 Å². The molecule has 0 heterocycles. The van der Waals surface area contributed by atoms with Crippen LogP contribution in [0.3, 0.4) is 0 Å². The summed E-state index contributed by atoms with van der Waals surface area (Å²) in [5.74, 6) is 0.899. The number of hydrogen-bond donors (Lipinski definition) is 0. The zero-order chi connectivity index (χ0) is 15.9. The maximum absolute atomic E-state index is 12.6. The van der Waals surface area contributed by atoms with Crippen LogP contribution in [0.1, 0.15) is 18.9 Å². The zero-order valence-corrected chi connectivity index (χ0v) is 13.6. The predicted octanol–water partition coefficient (Wildman–Crippen LogP) is 2.83. The minimum Gasteiger partial charge on any atom is -0.258 e. The molecule has 0 aromatic heterocycles. The number of nitro groups is 1. The zero-order valence-electron chi connectivity index (χ0n) is 12.0. The molecule has 0 amide bonds. The minimum absolute atomic E-state index is 0.0603. The van der Waals surface area contributed by atoms with E-state index >= 15 is 0 Å². The van der Waals surface area contributed by atoms with E-state index in [1.54, 1.807) is 6.92 Å². The molecule has 21 heavy (non-hydrogen) atoms. The van der Waals surface area contributed by atoms with Gasteiger partial charge in [0.15, 0.2) is 0 Å². The maximum Gasteiger partial charge on any atom is 0.289 e. The first-order valence-corrected chi connectivity index (χ1v) is 8.37. The quantitative estimate of drug-likeness (QED) is 0.613. The lowest BCUT2D eigenvalue weighted by Crippen LogP contribution is -2.29. The molecule has 0 radical (unpaired) electrons. The average molecular weight is 333 g/mol. The fraction of sp³-hybridized carbons (Fsp3) is 0.538. The van der Waals surface area contributed by atoms with E-state index in [4.69, 9.17) is 11.6 Å². The van der Waals surface area contributed by atoms with Crippen molar-refractivity contribution < 1.29 is 13.3 Å². The van der Waals surface area contributed by atoms with Crippen LogP contribution in [0.4, 0.5) is 5.69 Å². The molecule has 0 N–H and O–H groups in total. The Morgan fingerprint density at radius 3 is 2.52 bits per heavy atom. The SMILES string of the molecule is Cc1cc(Cl)c([N+](=O)[O-])cc1S(=O)(=O)N(C)CC1CC1C. The third-order valence-electron chi connectivity index (χ3n) is 3.90. The standard InChI is InChI=1S/C13H17ClN2O4S/c1-8-4-10(8)7-15(3)21(19,20)13-6-12(16(17)18)11(14)5-9(13)2/h5-6,8,10H,4,7H2,1-3H3. The summed E-state index contributed by atoms with van der Waals surface area (Å²) >= 11 is 5.79. The van der Waals surface area contributed by atoms with Crippen molar-refractivity contribution in [1.29, 1.82) is 0 Å². The molecule has 8 heteroatoms. The highest BCUT2D eigenvalue weighted by atomic mass is 35.5. The van der Waals surface area contributed by atoms with E-state index in [-0.39, 0.29) is 9.92 Å². The van der Waals surface area contributed by atoms with Gasteiger partial charge in [-0.1, -0.05) is 18.5 Å². The molecule has 0 aliphatic heterocycles. The van der Waals surface area contributed by atoms with E-state index in [9.17, 15) is 18.5 Å². The monoisotopic (exact) mass is 332 g/mol. The summed E-state index contributed by atoms with van der Waals surface area (Å²) in [6.07, 6.45) is 1.01. The molecule has 1 saturated carbocycles. The molecule has 1 aliphatic rings.